The third-order valence-electron chi connectivity index (χ3n) is 4.35. The summed E-state index contributed by atoms with van der Waals surface area (Å²) in [4.78, 5) is 15.3. The third-order valence-corrected chi connectivity index (χ3v) is 4.35. The van der Waals surface area contributed by atoms with Gasteiger partial charge in [0.25, 0.3) is 0 Å². The average Bonchev–Trinajstić information content (AvgIpc) is 2.71. The van der Waals surface area contributed by atoms with Crippen molar-refractivity contribution in [3.63, 3.8) is 0 Å². The van der Waals surface area contributed by atoms with Crippen LogP contribution >= 0.6 is 0 Å². The maximum atomic E-state index is 11.3. The lowest BCUT2D eigenvalue weighted by molar-refractivity contribution is -0.118. The molecule has 7 heteroatoms. The van der Waals surface area contributed by atoms with Crippen molar-refractivity contribution in [3.05, 3.63) is 35.1 Å². The smallest absolute Gasteiger partial charge is 0.400 e. The van der Waals surface area contributed by atoms with Gasteiger partial charge >= 0.3 is 7.12 Å². The minimum atomic E-state index is -0.569. The Labute approximate surface area is 143 Å². The monoisotopic (exact) mass is 327 g/mol. The van der Waals surface area contributed by atoms with Gasteiger partial charge in [0, 0.05) is 19.7 Å². The van der Waals surface area contributed by atoms with Crippen molar-refractivity contribution in [1.82, 2.24) is 10.3 Å². The van der Waals surface area contributed by atoms with Crippen molar-refractivity contribution in [3.8, 4) is 6.07 Å². The van der Waals surface area contributed by atoms with Crippen LogP contribution in [0.5, 0.6) is 0 Å². The average molecular weight is 327 g/mol. The summed E-state index contributed by atoms with van der Waals surface area (Å²) in [5.41, 5.74) is 0.971. The Hall–Kier alpha value is -2.17. The fourth-order valence-electron chi connectivity index (χ4n) is 2.24. The van der Waals surface area contributed by atoms with Gasteiger partial charge in [-0.15, -0.1) is 0 Å². The summed E-state index contributed by atoms with van der Waals surface area (Å²) in [5, 5.41) is 11.8. The first-order chi connectivity index (χ1) is 11.1. The molecular weight excluding hydrogens is 305 g/mol. The van der Waals surface area contributed by atoms with Crippen LogP contribution in [-0.4, -0.2) is 35.8 Å². The molecule has 126 valence electrons. The van der Waals surface area contributed by atoms with E-state index in [0.717, 1.165) is 11.0 Å². The quantitative estimate of drug-likeness (QED) is 0.856. The summed E-state index contributed by atoms with van der Waals surface area (Å²) in [7, 11) is -0.569. The number of hydrogen-bond donors (Lipinski definition) is 1. The summed E-state index contributed by atoms with van der Waals surface area (Å²) in [6.07, 6.45) is 3.44. The molecule has 0 atom stereocenters. The number of carbonyl (C=O) groups excluding carboxylic acids is 1. The van der Waals surface area contributed by atoms with Gasteiger partial charge in [-0.1, -0.05) is 6.08 Å². The van der Waals surface area contributed by atoms with E-state index >= 15 is 0 Å². The van der Waals surface area contributed by atoms with E-state index in [1.165, 1.54) is 6.92 Å². The molecule has 1 aliphatic rings. The predicted octanol–water partition coefficient (Wildman–Crippen LogP) is 2.10. The molecule has 1 aromatic rings. The second kappa shape index (κ2) is 6.75. The van der Waals surface area contributed by atoms with Crippen LogP contribution in [0.2, 0.25) is 0 Å². The van der Waals surface area contributed by atoms with Gasteiger partial charge < -0.3 is 14.6 Å². The molecule has 6 nitrogen and oxygen atoms in total. The largest absolute Gasteiger partial charge is 0.492 e. The number of hydrogen-bond acceptors (Lipinski definition) is 5. The molecule has 0 spiro atoms. The van der Waals surface area contributed by atoms with Crippen LogP contribution in [0.4, 0.5) is 0 Å². The Balaban J connectivity index is 2.33. The van der Waals surface area contributed by atoms with Gasteiger partial charge in [-0.05, 0) is 50.9 Å². The second-order valence-electron chi connectivity index (χ2n) is 6.80. The number of amides is 1. The molecule has 1 fully saturated rings. The van der Waals surface area contributed by atoms with Crippen molar-refractivity contribution < 1.29 is 14.1 Å². The minimum Gasteiger partial charge on any atom is -0.400 e. The molecule has 1 aliphatic heterocycles. The third kappa shape index (κ3) is 4.02. The van der Waals surface area contributed by atoms with Gasteiger partial charge in [0.1, 0.15) is 11.8 Å². The minimum absolute atomic E-state index is 0.134. The molecule has 1 amide bonds. The van der Waals surface area contributed by atoms with Crippen molar-refractivity contribution in [2.24, 2.45) is 0 Å². The zero-order chi connectivity index (χ0) is 18.0. The molecule has 2 heterocycles. The Morgan fingerprint density at radius 3 is 2.54 bits per heavy atom. The summed E-state index contributed by atoms with van der Waals surface area (Å²) in [6.45, 7) is 9.66. The Bertz CT molecular complexity index is 691. The zero-order valence-corrected chi connectivity index (χ0v) is 14.7. The second-order valence-corrected chi connectivity index (χ2v) is 6.80. The molecule has 0 saturated carbocycles. The Morgan fingerprint density at radius 1 is 1.38 bits per heavy atom. The number of carbonyl (C=O) groups is 1. The first kappa shape index (κ1) is 18.2. The number of pyridine rings is 1. The topological polar surface area (TPSA) is 84.2 Å². The summed E-state index contributed by atoms with van der Waals surface area (Å²) in [6, 6.07) is 5.49. The fraction of sp³-hybridized carbons (Fsp3) is 0.471. The number of nitrogens with one attached hydrogen (secondary N) is 1. The van der Waals surface area contributed by atoms with E-state index in [-0.39, 0.29) is 5.91 Å². The van der Waals surface area contributed by atoms with Crippen molar-refractivity contribution in [2.75, 3.05) is 6.54 Å². The number of nitrogens with zero attached hydrogens (tertiary/aromatic N) is 2. The van der Waals surface area contributed by atoms with Gasteiger partial charge in [0.15, 0.2) is 0 Å². The van der Waals surface area contributed by atoms with Crippen LogP contribution < -0.4 is 5.32 Å². The van der Waals surface area contributed by atoms with Crippen LogP contribution in [0.1, 0.15) is 45.9 Å². The van der Waals surface area contributed by atoms with Crippen LogP contribution in [0.15, 0.2) is 23.8 Å². The molecule has 0 unspecified atom stereocenters. The van der Waals surface area contributed by atoms with E-state index in [1.54, 1.807) is 18.3 Å². The lowest BCUT2D eigenvalue weighted by Crippen LogP contribution is -2.41. The molecule has 1 saturated heterocycles. The Kier molecular flexibility index (Phi) is 5.12. The maximum Gasteiger partial charge on any atom is 0.492 e. The molecule has 1 N–H and O–H groups in total. The molecule has 0 aromatic carbocycles. The Morgan fingerprint density at radius 2 is 2.00 bits per heavy atom. The summed E-state index contributed by atoms with van der Waals surface area (Å²) >= 11 is 0. The van der Waals surface area contributed by atoms with E-state index in [0.29, 0.717) is 12.2 Å². The van der Waals surface area contributed by atoms with Crippen LogP contribution in [0, 0.1) is 11.3 Å². The summed E-state index contributed by atoms with van der Waals surface area (Å²) < 4.78 is 12.1. The van der Waals surface area contributed by atoms with Gasteiger partial charge in [-0.3, -0.25) is 4.79 Å². The van der Waals surface area contributed by atoms with Crippen LogP contribution in [0.3, 0.4) is 0 Å². The SMILES string of the molecule is CC(=O)NCC(=Cc1ccnc(C#N)c1)B1OC(C)(C)C(C)(C)O1. The van der Waals surface area contributed by atoms with E-state index in [1.807, 2.05) is 39.8 Å². The lowest BCUT2D eigenvalue weighted by atomic mass is 9.77. The van der Waals surface area contributed by atoms with Gasteiger partial charge in [-0.2, -0.15) is 5.26 Å². The first-order valence-electron chi connectivity index (χ1n) is 7.81. The van der Waals surface area contributed by atoms with Crippen molar-refractivity contribution in [2.45, 2.75) is 45.8 Å². The van der Waals surface area contributed by atoms with E-state index in [9.17, 15) is 4.79 Å². The highest BCUT2D eigenvalue weighted by Gasteiger charge is 2.52. The van der Waals surface area contributed by atoms with Gasteiger partial charge in [0.05, 0.1) is 11.2 Å². The standard InChI is InChI=1S/C17H22BN3O3/c1-12(22)21-11-14(8-13-6-7-20-15(9-13)10-19)18-23-16(2,3)17(4,5)24-18/h6-9H,11H2,1-5H3,(H,21,22). The molecule has 2 rings (SSSR count). The van der Waals surface area contributed by atoms with Crippen LogP contribution in [-0.2, 0) is 14.1 Å². The normalized spacial score (nSPS) is 19.0. The molecular formula is C17H22BN3O3. The zero-order valence-electron chi connectivity index (χ0n) is 14.7. The molecule has 0 bridgehead atoms. The molecule has 0 radical (unpaired) electrons. The molecule has 0 aliphatic carbocycles. The van der Waals surface area contributed by atoms with E-state index < -0.39 is 18.3 Å². The molecule has 24 heavy (non-hydrogen) atoms. The number of rotatable bonds is 4. The number of nitriles is 1. The maximum absolute atomic E-state index is 11.3. The lowest BCUT2D eigenvalue weighted by Gasteiger charge is -2.32. The highest BCUT2D eigenvalue weighted by atomic mass is 16.7. The number of aromatic nitrogens is 1. The van der Waals surface area contributed by atoms with Crippen molar-refractivity contribution in [1.29, 1.82) is 5.26 Å². The highest BCUT2D eigenvalue weighted by Crippen LogP contribution is 2.38. The van der Waals surface area contributed by atoms with Crippen molar-refractivity contribution >= 4 is 19.1 Å². The highest BCUT2D eigenvalue weighted by molar-refractivity contribution is 6.56. The molecule has 1 aromatic heterocycles. The van der Waals surface area contributed by atoms with Crippen LogP contribution in [0.25, 0.3) is 6.08 Å². The van der Waals surface area contributed by atoms with Gasteiger partial charge in [0.2, 0.25) is 5.91 Å². The predicted molar refractivity (Wildman–Crippen MR) is 91.7 cm³/mol. The van der Waals surface area contributed by atoms with Gasteiger partial charge in [-0.25, -0.2) is 4.98 Å². The van der Waals surface area contributed by atoms with E-state index in [4.69, 9.17) is 14.6 Å². The summed E-state index contributed by atoms with van der Waals surface area (Å²) in [5.74, 6) is -0.134. The fourth-order valence-corrected chi connectivity index (χ4v) is 2.24. The first-order valence-corrected chi connectivity index (χ1v) is 7.81. The van der Waals surface area contributed by atoms with E-state index in [2.05, 4.69) is 10.3 Å².